The van der Waals surface area contributed by atoms with Crippen molar-refractivity contribution in [1.29, 1.82) is 0 Å². The van der Waals surface area contributed by atoms with Gasteiger partial charge in [0.15, 0.2) is 0 Å². The van der Waals surface area contributed by atoms with Crippen LogP contribution in [0.25, 0.3) is 0 Å². The Morgan fingerprint density at radius 1 is 1.30 bits per heavy atom. The van der Waals surface area contributed by atoms with Gasteiger partial charge in [0, 0.05) is 38.3 Å². The van der Waals surface area contributed by atoms with Crippen LogP contribution >= 0.6 is 0 Å². The Bertz CT molecular complexity index is 567. The first-order valence-electron chi connectivity index (χ1n) is 9.54. The fraction of sp³-hybridized carbons (Fsp3) is 0.789. The Morgan fingerprint density at radius 3 is 2.96 bits per heavy atom. The fourth-order valence-electron chi connectivity index (χ4n) is 5.34. The standard InChI is InChI=1S/C19H29N3O/c1-2-18-20-7-9-22(18)17-4-3-8-21(13-17)19(23)12-16-11-14-5-6-15(16)10-14/h7,9,14-17H,2-6,8,10-13H2,1H3/t14-,15-,16+,17-/m0/s1. The zero-order chi connectivity index (χ0) is 15.8. The number of hydrogen-bond donors (Lipinski definition) is 0. The maximum Gasteiger partial charge on any atom is 0.222 e. The number of amides is 1. The molecular formula is C19H29N3O. The number of carbonyl (C=O) groups is 1. The number of fused-ring (bicyclic) bond motifs is 2. The fourth-order valence-corrected chi connectivity index (χ4v) is 5.34. The van der Waals surface area contributed by atoms with Crippen LogP contribution in [0, 0.1) is 17.8 Å². The lowest BCUT2D eigenvalue weighted by atomic mass is 9.86. The van der Waals surface area contributed by atoms with Gasteiger partial charge in [-0.25, -0.2) is 4.98 Å². The molecule has 1 aromatic rings. The van der Waals surface area contributed by atoms with Gasteiger partial charge in [-0.05, 0) is 49.9 Å². The molecule has 1 aromatic heterocycles. The highest BCUT2D eigenvalue weighted by molar-refractivity contribution is 5.76. The van der Waals surface area contributed by atoms with Crippen LogP contribution in [0.1, 0.15) is 63.7 Å². The molecule has 4 atom stereocenters. The summed E-state index contributed by atoms with van der Waals surface area (Å²) in [5.41, 5.74) is 0. The molecule has 4 heteroatoms. The molecule has 4 nitrogen and oxygen atoms in total. The first-order chi connectivity index (χ1) is 11.2. The molecular weight excluding hydrogens is 286 g/mol. The van der Waals surface area contributed by atoms with Gasteiger partial charge in [0.25, 0.3) is 0 Å². The minimum Gasteiger partial charge on any atom is -0.341 e. The van der Waals surface area contributed by atoms with E-state index in [1.165, 1.54) is 32.1 Å². The quantitative estimate of drug-likeness (QED) is 0.853. The molecule has 1 aliphatic heterocycles. The number of imidazole rings is 1. The molecule has 4 rings (SSSR count). The second kappa shape index (κ2) is 6.29. The summed E-state index contributed by atoms with van der Waals surface area (Å²) in [7, 11) is 0. The molecule has 0 radical (unpaired) electrons. The molecule has 2 aliphatic carbocycles. The van der Waals surface area contributed by atoms with Gasteiger partial charge < -0.3 is 9.47 Å². The Labute approximate surface area is 139 Å². The maximum absolute atomic E-state index is 12.8. The molecule has 0 N–H and O–H groups in total. The number of aromatic nitrogens is 2. The van der Waals surface area contributed by atoms with Gasteiger partial charge in [-0.3, -0.25) is 4.79 Å². The van der Waals surface area contributed by atoms with E-state index in [1.807, 2.05) is 6.20 Å². The van der Waals surface area contributed by atoms with E-state index in [-0.39, 0.29) is 0 Å². The van der Waals surface area contributed by atoms with Crippen LogP contribution in [-0.2, 0) is 11.2 Å². The van der Waals surface area contributed by atoms with Crippen molar-refractivity contribution in [2.75, 3.05) is 13.1 Å². The molecule has 3 aliphatic rings. The summed E-state index contributed by atoms with van der Waals surface area (Å²) in [6.07, 6.45) is 13.5. The maximum atomic E-state index is 12.8. The van der Waals surface area contributed by atoms with Crippen molar-refractivity contribution in [2.24, 2.45) is 17.8 Å². The average molecular weight is 315 g/mol. The number of rotatable bonds is 4. The summed E-state index contributed by atoms with van der Waals surface area (Å²) >= 11 is 0. The first-order valence-corrected chi connectivity index (χ1v) is 9.54. The minimum absolute atomic E-state index is 0.408. The molecule has 3 fully saturated rings. The van der Waals surface area contributed by atoms with E-state index in [4.69, 9.17) is 0 Å². The van der Waals surface area contributed by atoms with Crippen molar-refractivity contribution in [2.45, 2.75) is 64.3 Å². The third-order valence-corrected chi connectivity index (χ3v) is 6.53. The van der Waals surface area contributed by atoms with E-state index < -0.39 is 0 Å². The van der Waals surface area contributed by atoms with E-state index in [0.29, 0.717) is 17.9 Å². The lowest BCUT2D eigenvalue weighted by Crippen LogP contribution is -2.41. The van der Waals surface area contributed by atoms with Crippen molar-refractivity contribution in [3.63, 3.8) is 0 Å². The van der Waals surface area contributed by atoms with Crippen LogP contribution in [0.5, 0.6) is 0 Å². The predicted molar refractivity (Wildman–Crippen MR) is 90.0 cm³/mol. The average Bonchev–Trinajstić information content (AvgIpc) is 3.31. The summed E-state index contributed by atoms with van der Waals surface area (Å²) < 4.78 is 2.30. The van der Waals surface area contributed by atoms with Gasteiger partial charge in [0.05, 0.1) is 6.04 Å². The van der Waals surface area contributed by atoms with Crippen LogP contribution < -0.4 is 0 Å². The minimum atomic E-state index is 0.408. The number of likely N-dealkylation sites (tertiary alicyclic amines) is 1. The van der Waals surface area contributed by atoms with E-state index in [9.17, 15) is 4.79 Å². The molecule has 0 spiro atoms. The first kappa shape index (κ1) is 15.2. The number of nitrogens with zero attached hydrogens (tertiary/aromatic N) is 3. The molecule has 0 unspecified atom stereocenters. The van der Waals surface area contributed by atoms with Crippen LogP contribution in [0.4, 0.5) is 0 Å². The summed E-state index contributed by atoms with van der Waals surface area (Å²) in [4.78, 5) is 19.4. The molecule has 0 aromatic carbocycles. The van der Waals surface area contributed by atoms with Gasteiger partial charge in [0.1, 0.15) is 5.82 Å². The number of aryl methyl sites for hydroxylation is 1. The number of carbonyl (C=O) groups excluding carboxylic acids is 1. The molecule has 1 amide bonds. The Balaban J connectivity index is 1.38. The summed E-state index contributed by atoms with van der Waals surface area (Å²) in [5, 5.41) is 0. The second-order valence-electron chi connectivity index (χ2n) is 7.88. The largest absolute Gasteiger partial charge is 0.341 e. The lowest BCUT2D eigenvalue weighted by molar-refractivity contribution is -0.134. The van der Waals surface area contributed by atoms with Gasteiger partial charge in [-0.1, -0.05) is 13.3 Å². The van der Waals surface area contributed by atoms with E-state index >= 15 is 0 Å². The topological polar surface area (TPSA) is 38.1 Å². The third-order valence-electron chi connectivity index (χ3n) is 6.53. The lowest BCUT2D eigenvalue weighted by Gasteiger charge is -2.35. The van der Waals surface area contributed by atoms with Gasteiger partial charge in [-0.15, -0.1) is 0 Å². The molecule has 2 bridgehead atoms. The zero-order valence-electron chi connectivity index (χ0n) is 14.3. The van der Waals surface area contributed by atoms with Gasteiger partial charge >= 0.3 is 0 Å². The number of hydrogen-bond acceptors (Lipinski definition) is 2. The normalized spacial score (nSPS) is 33.3. The highest BCUT2D eigenvalue weighted by atomic mass is 16.2. The van der Waals surface area contributed by atoms with Crippen LogP contribution in [0.3, 0.4) is 0 Å². The predicted octanol–water partition coefficient (Wildman–Crippen LogP) is 3.44. The Morgan fingerprint density at radius 2 is 2.22 bits per heavy atom. The molecule has 2 heterocycles. The second-order valence-corrected chi connectivity index (χ2v) is 7.88. The third kappa shape index (κ3) is 2.92. The monoisotopic (exact) mass is 315 g/mol. The van der Waals surface area contributed by atoms with Gasteiger partial charge in [0.2, 0.25) is 5.91 Å². The number of piperidine rings is 1. The SMILES string of the molecule is CCc1nccn1[C@H]1CCCN(C(=O)C[C@H]2C[C@H]3CC[C@H]2C3)C1. The Kier molecular flexibility index (Phi) is 4.16. The summed E-state index contributed by atoms with van der Waals surface area (Å²) in [6.45, 7) is 3.98. The highest BCUT2D eigenvalue weighted by Gasteiger charge is 2.41. The van der Waals surface area contributed by atoms with Crippen molar-refractivity contribution < 1.29 is 4.79 Å². The van der Waals surface area contributed by atoms with Gasteiger partial charge in [-0.2, -0.15) is 0 Å². The van der Waals surface area contributed by atoms with Crippen molar-refractivity contribution >= 4 is 5.91 Å². The molecule has 126 valence electrons. The Hall–Kier alpha value is -1.32. The van der Waals surface area contributed by atoms with E-state index in [1.54, 1.807) is 0 Å². The van der Waals surface area contributed by atoms with E-state index in [2.05, 4.69) is 27.6 Å². The molecule has 1 saturated heterocycles. The molecule has 23 heavy (non-hydrogen) atoms. The van der Waals surface area contributed by atoms with E-state index in [0.717, 1.165) is 50.0 Å². The summed E-state index contributed by atoms with van der Waals surface area (Å²) in [6, 6.07) is 0.421. The molecule has 2 saturated carbocycles. The highest BCUT2D eigenvalue weighted by Crippen LogP contribution is 2.49. The van der Waals surface area contributed by atoms with Crippen molar-refractivity contribution in [1.82, 2.24) is 14.5 Å². The smallest absolute Gasteiger partial charge is 0.222 e. The summed E-state index contributed by atoms with van der Waals surface area (Å²) in [5.74, 6) is 4.03. The zero-order valence-corrected chi connectivity index (χ0v) is 14.3. The van der Waals surface area contributed by atoms with Crippen LogP contribution in [-0.4, -0.2) is 33.4 Å². The van der Waals surface area contributed by atoms with Crippen molar-refractivity contribution in [3.05, 3.63) is 18.2 Å². The van der Waals surface area contributed by atoms with Crippen LogP contribution in [0.15, 0.2) is 12.4 Å². The van der Waals surface area contributed by atoms with Crippen molar-refractivity contribution in [3.8, 4) is 0 Å². The van der Waals surface area contributed by atoms with Crippen LogP contribution in [0.2, 0.25) is 0 Å².